The van der Waals surface area contributed by atoms with Gasteiger partial charge in [0.2, 0.25) is 0 Å². The number of rotatable bonds is 6. The number of aromatic nitrogens is 1. The Hall–Kier alpha value is -2.24. The molecule has 2 rings (SSSR count). The van der Waals surface area contributed by atoms with Gasteiger partial charge in [-0.2, -0.15) is 0 Å². The molecule has 0 bridgehead atoms. The monoisotopic (exact) mass is 277 g/mol. The van der Waals surface area contributed by atoms with Gasteiger partial charge in [-0.1, -0.05) is 13.0 Å². The minimum Gasteiger partial charge on any atom is -0.481 e. The summed E-state index contributed by atoms with van der Waals surface area (Å²) in [6.07, 6.45) is 1.28. The van der Waals surface area contributed by atoms with Crippen LogP contribution in [-0.4, -0.2) is 32.9 Å². The third-order valence-corrected chi connectivity index (χ3v) is 4.23. The first-order valence-electron chi connectivity index (χ1n) is 6.30. The number of pyridine rings is 1. The van der Waals surface area contributed by atoms with Crippen molar-refractivity contribution >= 4 is 17.7 Å². The Morgan fingerprint density at radius 2 is 1.85 bits per heavy atom. The van der Waals surface area contributed by atoms with Crippen LogP contribution in [0.5, 0.6) is 0 Å². The Morgan fingerprint density at radius 3 is 2.25 bits per heavy atom. The van der Waals surface area contributed by atoms with Gasteiger partial charge in [0.1, 0.15) is 5.69 Å². The summed E-state index contributed by atoms with van der Waals surface area (Å²) in [6.45, 7) is 1.63. The second-order valence-corrected chi connectivity index (χ2v) is 5.12. The summed E-state index contributed by atoms with van der Waals surface area (Å²) in [5, 5.41) is 18.7. The maximum atomic E-state index is 12.1. The zero-order valence-electron chi connectivity index (χ0n) is 11.0. The van der Waals surface area contributed by atoms with Crippen LogP contribution in [0, 0.1) is 10.8 Å². The van der Waals surface area contributed by atoms with Crippen molar-refractivity contribution in [3.8, 4) is 0 Å². The first kappa shape index (κ1) is 14.2. The molecule has 1 aromatic rings. The predicted molar refractivity (Wildman–Crippen MR) is 68.2 cm³/mol. The number of carbonyl (C=O) groups is 3. The highest BCUT2D eigenvalue weighted by Gasteiger charge is 2.76. The molecule has 2 N–H and O–H groups in total. The normalized spacial score (nSPS) is 27.9. The van der Waals surface area contributed by atoms with Crippen molar-refractivity contribution in [1.82, 2.24) is 4.98 Å². The van der Waals surface area contributed by atoms with Gasteiger partial charge in [0.05, 0.1) is 10.8 Å². The highest BCUT2D eigenvalue weighted by atomic mass is 16.4. The number of carboxylic acid groups (broad SMARTS) is 2. The van der Waals surface area contributed by atoms with Crippen molar-refractivity contribution in [3.63, 3.8) is 0 Å². The van der Waals surface area contributed by atoms with Crippen LogP contribution in [0.4, 0.5) is 0 Å². The van der Waals surface area contributed by atoms with E-state index in [0.717, 1.165) is 0 Å². The molecule has 0 spiro atoms. The summed E-state index contributed by atoms with van der Waals surface area (Å²) < 4.78 is 0. The lowest BCUT2D eigenvalue weighted by atomic mass is 9.85. The Bertz CT molecular complexity index is 570. The van der Waals surface area contributed by atoms with Crippen molar-refractivity contribution < 1.29 is 24.6 Å². The van der Waals surface area contributed by atoms with Crippen LogP contribution in [0.15, 0.2) is 24.4 Å². The highest BCUT2D eigenvalue weighted by Crippen LogP contribution is 2.68. The van der Waals surface area contributed by atoms with E-state index in [9.17, 15) is 24.6 Å². The summed E-state index contributed by atoms with van der Waals surface area (Å²) in [6, 6.07) is 4.77. The number of carboxylic acids is 2. The second kappa shape index (κ2) is 4.70. The number of nitrogens with zero attached hydrogens (tertiary/aromatic N) is 1. The smallest absolute Gasteiger partial charge is 0.311 e. The van der Waals surface area contributed by atoms with Gasteiger partial charge in [0.15, 0.2) is 5.78 Å². The first-order chi connectivity index (χ1) is 9.39. The van der Waals surface area contributed by atoms with Crippen molar-refractivity contribution in [2.75, 3.05) is 0 Å². The van der Waals surface area contributed by atoms with Crippen molar-refractivity contribution in [2.24, 2.45) is 10.8 Å². The number of aliphatic carboxylic acids is 2. The number of hydrogen-bond acceptors (Lipinski definition) is 4. The highest BCUT2D eigenvalue weighted by molar-refractivity contribution is 6.02. The van der Waals surface area contributed by atoms with Gasteiger partial charge in [0.25, 0.3) is 0 Å². The molecule has 1 aliphatic rings. The van der Waals surface area contributed by atoms with Crippen LogP contribution in [0.25, 0.3) is 0 Å². The molecule has 1 heterocycles. The molecular formula is C14H15NO5. The molecule has 0 saturated heterocycles. The fraction of sp³-hybridized carbons (Fsp3) is 0.429. The molecule has 0 aromatic carbocycles. The van der Waals surface area contributed by atoms with E-state index in [1.807, 2.05) is 0 Å². The Morgan fingerprint density at radius 1 is 1.20 bits per heavy atom. The van der Waals surface area contributed by atoms with Gasteiger partial charge in [-0.15, -0.1) is 0 Å². The summed E-state index contributed by atoms with van der Waals surface area (Å²) in [4.78, 5) is 38.8. The molecule has 0 amide bonds. The minimum absolute atomic E-state index is 0.0141. The van der Waals surface area contributed by atoms with E-state index in [2.05, 4.69) is 4.98 Å². The molecule has 1 aliphatic carbocycles. The molecule has 20 heavy (non-hydrogen) atoms. The average Bonchev–Trinajstić information content (AvgIpc) is 3.10. The molecule has 0 radical (unpaired) electrons. The number of hydrogen-bond donors (Lipinski definition) is 2. The maximum Gasteiger partial charge on any atom is 0.311 e. The van der Waals surface area contributed by atoms with E-state index in [0.29, 0.717) is 0 Å². The Balaban J connectivity index is 2.28. The van der Waals surface area contributed by atoms with Gasteiger partial charge in [-0.3, -0.25) is 19.4 Å². The van der Waals surface area contributed by atoms with E-state index in [1.165, 1.54) is 12.3 Å². The van der Waals surface area contributed by atoms with Crippen LogP contribution < -0.4 is 0 Å². The molecule has 1 aromatic heterocycles. The third-order valence-electron chi connectivity index (χ3n) is 4.23. The van der Waals surface area contributed by atoms with E-state index in [4.69, 9.17) is 0 Å². The van der Waals surface area contributed by atoms with Crippen LogP contribution >= 0.6 is 0 Å². The van der Waals surface area contributed by atoms with Gasteiger partial charge >= 0.3 is 11.9 Å². The van der Waals surface area contributed by atoms with E-state index in [1.54, 1.807) is 19.1 Å². The molecule has 2 unspecified atom stereocenters. The van der Waals surface area contributed by atoms with E-state index < -0.39 is 28.6 Å². The Labute approximate surface area is 115 Å². The van der Waals surface area contributed by atoms with Gasteiger partial charge in [0, 0.05) is 12.6 Å². The summed E-state index contributed by atoms with van der Waals surface area (Å²) in [7, 11) is 0. The topological polar surface area (TPSA) is 105 Å². The van der Waals surface area contributed by atoms with Crippen LogP contribution in [0.3, 0.4) is 0 Å². The molecular weight excluding hydrogens is 262 g/mol. The summed E-state index contributed by atoms with van der Waals surface area (Å²) in [5.41, 5.74) is -2.69. The van der Waals surface area contributed by atoms with Crippen LogP contribution in [0.2, 0.25) is 0 Å². The Kier molecular flexibility index (Phi) is 3.33. The van der Waals surface area contributed by atoms with Gasteiger partial charge < -0.3 is 10.2 Å². The SMILES string of the molecule is CCC1(C(=O)O)CC1(CC(=O)c1ccccn1)C(=O)O. The van der Waals surface area contributed by atoms with E-state index in [-0.39, 0.29) is 25.0 Å². The summed E-state index contributed by atoms with van der Waals surface area (Å²) >= 11 is 0. The van der Waals surface area contributed by atoms with Gasteiger partial charge in [-0.25, -0.2) is 0 Å². The molecule has 6 nitrogen and oxygen atoms in total. The van der Waals surface area contributed by atoms with Crippen LogP contribution in [-0.2, 0) is 9.59 Å². The first-order valence-corrected chi connectivity index (χ1v) is 6.30. The summed E-state index contributed by atoms with van der Waals surface area (Å²) in [5.74, 6) is -2.83. The standard InChI is InChI=1S/C14H15NO5/c1-2-13(11(17)18)8-14(13,12(19)20)7-10(16)9-5-3-4-6-15-9/h3-6H,2,7-8H2,1H3,(H,17,18)(H,19,20). The molecule has 2 atom stereocenters. The molecule has 106 valence electrons. The third kappa shape index (κ3) is 1.88. The lowest BCUT2D eigenvalue weighted by Crippen LogP contribution is -2.31. The maximum absolute atomic E-state index is 12.1. The molecule has 1 saturated carbocycles. The fourth-order valence-corrected chi connectivity index (χ4v) is 2.85. The van der Waals surface area contributed by atoms with Crippen LogP contribution in [0.1, 0.15) is 36.7 Å². The zero-order valence-corrected chi connectivity index (χ0v) is 11.0. The van der Waals surface area contributed by atoms with Crippen molar-refractivity contribution in [3.05, 3.63) is 30.1 Å². The van der Waals surface area contributed by atoms with Gasteiger partial charge in [-0.05, 0) is 25.0 Å². The molecule has 6 heteroatoms. The quantitative estimate of drug-likeness (QED) is 0.765. The average molecular weight is 277 g/mol. The lowest BCUT2D eigenvalue weighted by Gasteiger charge is -2.17. The zero-order chi connectivity index (χ0) is 15.0. The number of Topliss-reactive ketones (excluding diaryl/α,β-unsaturated/α-hetero) is 1. The number of carbonyl (C=O) groups excluding carboxylic acids is 1. The minimum atomic E-state index is -1.51. The lowest BCUT2D eigenvalue weighted by molar-refractivity contribution is -0.153. The fourth-order valence-electron chi connectivity index (χ4n) is 2.85. The number of ketones is 1. The molecule has 1 fully saturated rings. The largest absolute Gasteiger partial charge is 0.481 e. The molecule has 0 aliphatic heterocycles. The second-order valence-electron chi connectivity index (χ2n) is 5.12. The van der Waals surface area contributed by atoms with Crippen molar-refractivity contribution in [1.29, 1.82) is 0 Å². The van der Waals surface area contributed by atoms with E-state index >= 15 is 0 Å². The van der Waals surface area contributed by atoms with Crippen molar-refractivity contribution in [2.45, 2.75) is 26.2 Å². The predicted octanol–water partition coefficient (Wildman–Crippen LogP) is 1.61.